The Bertz CT molecular complexity index is 180. The Labute approximate surface area is 95.7 Å². The summed E-state index contributed by atoms with van der Waals surface area (Å²) < 4.78 is 0. The minimum absolute atomic E-state index is 0.844. The number of aryl methyl sites for hydroxylation is 1. The lowest BCUT2D eigenvalue weighted by Crippen LogP contribution is -1.95. The van der Waals surface area contributed by atoms with Crippen molar-refractivity contribution in [3.8, 4) is 0 Å². The maximum absolute atomic E-state index is 5.14. The number of nitrogens with two attached hydrogens (primary N) is 1. The van der Waals surface area contributed by atoms with E-state index in [9.17, 15) is 0 Å². The van der Waals surface area contributed by atoms with Crippen LogP contribution in [0.1, 0.15) is 46.1 Å². The largest absolute Gasteiger partial charge is 0.330 e. The van der Waals surface area contributed by atoms with Crippen molar-refractivity contribution in [1.82, 2.24) is 0 Å². The second kappa shape index (κ2) is 15.6. The van der Waals surface area contributed by atoms with Gasteiger partial charge >= 0.3 is 0 Å². The predicted octanol–water partition coefficient (Wildman–Crippen LogP) is 4.02. The summed E-state index contributed by atoms with van der Waals surface area (Å²) in [5.74, 6) is 0. The first-order valence-electron chi connectivity index (χ1n) is 6.09. The third-order valence-electron chi connectivity index (χ3n) is 1.81. The standard InChI is InChI=1S/C8H10.C4H11N.C2H6/c1-2-8-6-4-3-5-7-8;1-2-3-4-5;1-2/h3-7H,2H2,1H3;2-5H2,1H3;1-2H3. The van der Waals surface area contributed by atoms with E-state index in [1.165, 1.54) is 18.4 Å². The molecular formula is C14H27N. The maximum Gasteiger partial charge on any atom is -0.00774 e. The van der Waals surface area contributed by atoms with Gasteiger partial charge < -0.3 is 5.73 Å². The van der Waals surface area contributed by atoms with Crippen LogP contribution < -0.4 is 5.73 Å². The highest BCUT2D eigenvalue weighted by Crippen LogP contribution is 1.96. The quantitative estimate of drug-likeness (QED) is 0.799. The van der Waals surface area contributed by atoms with E-state index in [2.05, 4.69) is 38.1 Å². The average Bonchev–Trinajstić information content (AvgIpc) is 2.34. The zero-order chi connectivity index (χ0) is 11.9. The number of hydrogen-bond acceptors (Lipinski definition) is 1. The lowest BCUT2D eigenvalue weighted by atomic mass is 10.2. The van der Waals surface area contributed by atoms with Crippen LogP contribution in [0, 0.1) is 0 Å². The molecule has 1 heteroatoms. The van der Waals surface area contributed by atoms with Crippen LogP contribution in [0.3, 0.4) is 0 Å². The fourth-order valence-corrected chi connectivity index (χ4v) is 0.918. The third-order valence-corrected chi connectivity index (χ3v) is 1.81. The zero-order valence-electron chi connectivity index (χ0n) is 10.8. The molecule has 0 amide bonds. The molecule has 0 saturated heterocycles. The SMILES string of the molecule is CC.CCCCN.CCc1ccccc1. The van der Waals surface area contributed by atoms with E-state index in [4.69, 9.17) is 5.73 Å². The van der Waals surface area contributed by atoms with Crippen LogP contribution >= 0.6 is 0 Å². The van der Waals surface area contributed by atoms with Crippen LogP contribution in [0.5, 0.6) is 0 Å². The third kappa shape index (κ3) is 13.2. The van der Waals surface area contributed by atoms with Gasteiger partial charge in [0.15, 0.2) is 0 Å². The lowest BCUT2D eigenvalue weighted by molar-refractivity contribution is 0.807. The highest BCUT2D eigenvalue weighted by atomic mass is 14.5. The first-order valence-corrected chi connectivity index (χ1v) is 6.09. The predicted molar refractivity (Wildman–Crippen MR) is 71.1 cm³/mol. The van der Waals surface area contributed by atoms with Crippen LogP contribution in [0.2, 0.25) is 0 Å². The molecule has 0 atom stereocenters. The van der Waals surface area contributed by atoms with Gasteiger partial charge in [0.2, 0.25) is 0 Å². The molecule has 88 valence electrons. The van der Waals surface area contributed by atoms with E-state index < -0.39 is 0 Å². The summed E-state index contributed by atoms with van der Waals surface area (Å²) in [5, 5.41) is 0. The van der Waals surface area contributed by atoms with Crippen molar-refractivity contribution in [3.63, 3.8) is 0 Å². The number of rotatable bonds is 3. The molecule has 0 heterocycles. The van der Waals surface area contributed by atoms with Gasteiger partial charge in [-0.1, -0.05) is 64.4 Å². The van der Waals surface area contributed by atoms with Crippen LogP contribution in [0.4, 0.5) is 0 Å². The fourth-order valence-electron chi connectivity index (χ4n) is 0.918. The Balaban J connectivity index is 0. The smallest absolute Gasteiger partial charge is 0.00774 e. The number of unbranched alkanes of at least 4 members (excludes halogenated alkanes) is 1. The second-order valence-electron chi connectivity index (χ2n) is 2.98. The van der Waals surface area contributed by atoms with Crippen molar-refractivity contribution in [2.75, 3.05) is 6.54 Å². The topological polar surface area (TPSA) is 26.0 Å². The van der Waals surface area contributed by atoms with Gasteiger partial charge in [-0.2, -0.15) is 0 Å². The van der Waals surface area contributed by atoms with E-state index in [1.54, 1.807) is 0 Å². The molecule has 0 fully saturated rings. The van der Waals surface area contributed by atoms with E-state index in [-0.39, 0.29) is 0 Å². The van der Waals surface area contributed by atoms with Crippen LogP contribution in [0.15, 0.2) is 30.3 Å². The molecule has 0 unspecified atom stereocenters. The summed E-state index contributed by atoms with van der Waals surface area (Å²) in [6.07, 6.45) is 3.53. The van der Waals surface area contributed by atoms with Gasteiger partial charge in [-0.3, -0.25) is 0 Å². The molecule has 1 aromatic carbocycles. The van der Waals surface area contributed by atoms with E-state index in [1.807, 2.05) is 19.9 Å². The summed E-state index contributed by atoms with van der Waals surface area (Å²) >= 11 is 0. The summed E-state index contributed by atoms with van der Waals surface area (Å²) in [6.45, 7) is 9.14. The Morgan fingerprint density at radius 1 is 1.00 bits per heavy atom. The molecule has 1 aromatic rings. The van der Waals surface area contributed by atoms with Gasteiger partial charge in [0, 0.05) is 0 Å². The van der Waals surface area contributed by atoms with Crippen molar-refractivity contribution >= 4 is 0 Å². The Kier molecular flexibility index (Phi) is 17.3. The summed E-state index contributed by atoms with van der Waals surface area (Å²) in [5.41, 5.74) is 6.55. The first-order chi connectivity index (χ1) is 7.35. The average molecular weight is 209 g/mol. The van der Waals surface area contributed by atoms with Gasteiger partial charge in [0.25, 0.3) is 0 Å². The van der Waals surface area contributed by atoms with Gasteiger partial charge in [0.05, 0.1) is 0 Å². The van der Waals surface area contributed by atoms with Crippen molar-refractivity contribution in [2.24, 2.45) is 5.73 Å². The van der Waals surface area contributed by atoms with Gasteiger partial charge in [0.1, 0.15) is 0 Å². The number of hydrogen-bond donors (Lipinski definition) is 1. The normalized spacial score (nSPS) is 8.07. The van der Waals surface area contributed by atoms with Crippen LogP contribution in [0.25, 0.3) is 0 Å². The molecule has 0 aromatic heterocycles. The fraction of sp³-hybridized carbons (Fsp3) is 0.571. The van der Waals surface area contributed by atoms with Crippen molar-refractivity contribution in [3.05, 3.63) is 35.9 Å². The minimum Gasteiger partial charge on any atom is -0.330 e. The van der Waals surface area contributed by atoms with Crippen molar-refractivity contribution in [1.29, 1.82) is 0 Å². The molecule has 1 nitrogen and oxygen atoms in total. The molecule has 0 saturated carbocycles. The summed E-state index contributed by atoms with van der Waals surface area (Å²) in [7, 11) is 0. The molecular weight excluding hydrogens is 182 g/mol. The van der Waals surface area contributed by atoms with Gasteiger partial charge in [-0.05, 0) is 24.9 Å². The molecule has 2 N–H and O–H groups in total. The Morgan fingerprint density at radius 2 is 1.53 bits per heavy atom. The van der Waals surface area contributed by atoms with Crippen LogP contribution in [-0.4, -0.2) is 6.54 Å². The molecule has 15 heavy (non-hydrogen) atoms. The molecule has 0 radical (unpaired) electrons. The van der Waals surface area contributed by atoms with Gasteiger partial charge in [-0.25, -0.2) is 0 Å². The highest BCUT2D eigenvalue weighted by Gasteiger charge is 1.79. The molecule has 0 aliphatic rings. The van der Waals surface area contributed by atoms with Gasteiger partial charge in [-0.15, -0.1) is 0 Å². The molecule has 0 spiro atoms. The van der Waals surface area contributed by atoms with Crippen LogP contribution in [-0.2, 0) is 6.42 Å². The molecule has 1 rings (SSSR count). The van der Waals surface area contributed by atoms with E-state index in [0.717, 1.165) is 13.0 Å². The monoisotopic (exact) mass is 209 g/mol. The van der Waals surface area contributed by atoms with E-state index >= 15 is 0 Å². The Hall–Kier alpha value is -0.820. The van der Waals surface area contributed by atoms with Crippen molar-refractivity contribution < 1.29 is 0 Å². The molecule has 0 aliphatic heterocycles. The minimum atomic E-state index is 0.844. The second-order valence-corrected chi connectivity index (χ2v) is 2.98. The number of benzene rings is 1. The maximum atomic E-state index is 5.14. The molecule has 0 bridgehead atoms. The Morgan fingerprint density at radius 3 is 1.73 bits per heavy atom. The highest BCUT2D eigenvalue weighted by molar-refractivity contribution is 5.13. The summed E-state index contributed by atoms with van der Waals surface area (Å²) in [4.78, 5) is 0. The van der Waals surface area contributed by atoms with Crippen molar-refractivity contribution in [2.45, 2.75) is 47.0 Å². The van der Waals surface area contributed by atoms with E-state index in [0.29, 0.717) is 0 Å². The first kappa shape index (κ1) is 16.6. The zero-order valence-corrected chi connectivity index (χ0v) is 10.8. The summed E-state index contributed by atoms with van der Waals surface area (Å²) in [6, 6.07) is 10.5. The molecule has 0 aliphatic carbocycles. The lowest BCUT2D eigenvalue weighted by Gasteiger charge is -1.89.